The Bertz CT molecular complexity index is 393. The van der Waals surface area contributed by atoms with Crippen LogP contribution in [0.4, 0.5) is 0 Å². The first-order valence-electron chi connectivity index (χ1n) is 3.96. The van der Waals surface area contributed by atoms with Crippen LogP contribution in [0.2, 0.25) is 0 Å². The van der Waals surface area contributed by atoms with Crippen LogP contribution in [0.25, 0.3) is 0 Å². The van der Waals surface area contributed by atoms with Crippen molar-refractivity contribution in [3.05, 3.63) is 24.3 Å². The minimum atomic E-state index is -3.44. The van der Waals surface area contributed by atoms with Gasteiger partial charge in [-0.2, -0.15) is 0 Å². The smallest absolute Gasteiger partial charge is 0.870 e. The fourth-order valence-corrected chi connectivity index (χ4v) is 2.34. The van der Waals surface area contributed by atoms with Crippen LogP contribution < -0.4 is 8.23 Å². The molecule has 0 bridgehead atoms. The largest absolute Gasteiger partial charge is 0.870 e. The van der Waals surface area contributed by atoms with Crippen LogP contribution in [0.1, 0.15) is 0 Å². The first-order valence-corrected chi connectivity index (χ1v) is 6.72. The Hall–Kier alpha value is -0.212. The molecule has 0 saturated heterocycles. The van der Waals surface area contributed by atoms with E-state index in [1.807, 2.05) is 0 Å². The van der Waals surface area contributed by atoms with E-state index in [2.05, 4.69) is 4.72 Å². The third kappa shape index (κ3) is 6.95. The number of hydrogen-bond acceptors (Lipinski definition) is 4. The predicted molar refractivity (Wildman–Crippen MR) is 63.3 cm³/mol. The van der Waals surface area contributed by atoms with Crippen LogP contribution in [0.3, 0.4) is 0 Å². The summed E-state index contributed by atoms with van der Waals surface area (Å²) in [6.45, 7) is -0.160. The zero-order chi connectivity index (χ0) is 10.6. The molecule has 0 spiro atoms. The third-order valence-corrected chi connectivity index (χ3v) is 3.88. The molecule has 0 saturated carbocycles. The summed E-state index contributed by atoms with van der Waals surface area (Å²) >= 11 is 1.53. The molecule has 7 nitrogen and oxygen atoms in total. The molecule has 0 unspecified atom stereocenters. The number of sulfonamides is 1. The molecule has 0 heterocycles. The minimum Gasteiger partial charge on any atom is -0.870 e. The maximum atomic E-state index is 11.5. The summed E-state index contributed by atoms with van der Waals surface area (Å²) in [7, 11) is -3.44. The van der Waals surface area contributed by atoms with Gasteiger partial charge in [-0.3, -0.25) is 0 Å². The SMILES string of the molecule is O.O.O=S(=O)(NCCO)c1cc[c]([Sb])cc1.[OH-]. The topological polar surface area (TPSA) is 159 Å². The Morgan fingerprint density at radius 1 is 1.18 bits per heavy atom. The zero-order valence-corrected chi connectivity index (χ0v) is 12.2. The fourth-order valence-electron chi connectivity index (χ4n) is 0.889. The average molecular weight is 375 g/mol. The van der Waals surface area contributed by atoms with Gasteiger partial charge < -0.3 is 16.4 Å². The maximum absolute atomic E-state index is 11.5. The second-order valence-corrected chi connectivity index (χ2v) is 5.86. The second kappa shape index (κ2) is 9.78. The molecular weight excluding hydrogens is 360 g/mol. The zero-order valence-electron chi connectivity index (χ0n) is 8.79. The van der Waals surface area contributed by atoms with E-state index in [-0.39, 0.29) is 34.5 Å². The molecule has 9 heteroatoms. The molecule has 2 radical (unpaired) electrons. The molecule has 0 fully saturated rings. The fraction of sp³-hybridized carbons (Fsp3) is 0.250. The van der Waals surface area contributed by atoms with Crippen LogP contribution in [-0.2, 0) is 10.0 Å². The van der Waals surface area contributed by atoms with Crippen molar-refractivity contribution in [2.24, 2.45) is 0 Å². The van der Waals surface area contributed by atoms with Gasteiger partial charge in [-0.1, -0.05) is 0 Å². The number of rotatable bonds is 4. The first kappa shape index (κ1) is 22.0. The number of aliphatic hydroxyl groups is 1. The molecule has 0 aliphatic carbocycles. The van der Waals surface area contributed by atoms with Crippen molar-refractivity contribution >= 4 is 36.6 Å². The summed E-state index contributed by atoms with van der Waals surface area (Å²) in [6.07, 6.45) is 0. The number of nitrogens with one attached hydrogen (secondary N) is 1. The van der Waals surface area contributed by atoms with Gasteiger partial charge in [0.15, 0.2) is 0 Å². The van der Waals surface area contributed by atoms with Crippen LogP contribution in [0, 0.1) is 0 Å². The molecule has 1 rings (SSSR count). The molecule has 0 aliphatic heterocycles. The predicted octanol–water partition coefficient (Wildman–Crippen LogP) is -3.08. The average Bonchev–Trinajstić information content (AvgIpc) is 2.16. The van der Waals surface area contributed by atoms with Crippen LogP contribution in [-0.4, -0.2) is 66.1 Å². The molecule has 0 amide bonds. The van der Waals surface area contributed by atoms with Crippen molar-refractivity contribution < 1.29 is 30.0 Å². The van der Waals surface area contributed by atoms with Crippen molar-refractivity contribution in [1.82, 2.24) is 4.72 Å². The standard InChI is InChI=1S/C8H10NO3S.3H2O.Sb/c10-7-6-9-13(11,12)8-4-2-1-3-5-8;;;;/h2-5,9-10H,6-7H2;3*1H2;/p-1. The summed E-state index contributed by atoms with van der Waals surface area (Å²) in [5, 5.41) is 8.50. The van der Waals surface area contributed by atoms with Gasteiger partial charge >= 0.3 is 97.1 Å². The van der Waals surface area contributed by atoms with Crippen molar-refractivity contribution in [1.29, 1.82) is 0 Å². The van der Waals surface area contributed by atoms with Gasteiger partial charge in [-0.15, -0.1) is 0 Å². The first-order chi connectivity index (χ1) is 6.56. The van der Waals surface area contributed by atoms with Gasteiger partial charge in [0.2, 0.25) is 0 Å². The van der Waals surface area contributed by atoms with Gasteiger partial charge in [-0.25, -0.2) is 0 Å². The Kier molecular flexibility index (Phi) is 12.7. The molecule has 7 N–H and O–H groups in total. The summed E-state index contributed by atoms with van der Waals surface area (Å²) < 4.78 is 26.3. The Morgan fingerprint density at radius 2 is 1.65 bits per heavy atom. The van der Waals surface area contributed by atoms with E-state index in [1.165, 1.54) is 23.0 Å². The minimum absolute atomic E-state index is 0. The van der Waals surface area contributed by atoms with E-state index >= 15 is 0 Å². The quantitative estimate of drug-likeness (QED) is 0.535. The van der Waals surface area contributed by atoms with Gasteiger partial charge in [-0.05, 0) is 0 Å². The summed E-state index contributed by atoms with van der Waals surface area (Å²) in [5.41, 5.74) is 0. The number of benzene rings is 1. The Morgan fingerprint density at radius 3 is 2.06 bits per heavy atom. The molecular formula is C8H15NO6SSb-. The molecule has 1 aromatic rings. The molecule has 17 heavy (non-hydrogen) atoms. The summed E-state index contributed by atoms with van der Waals surface area (Å²) in [5.74, 6) is 0. The van der Waals surface area contributed by atoms with Gasteiger partial charge in [0, 0.05) is 0 Å². The Labute approximate surface area is 113 Å². The van der Waals surface area contributed by atoms with E-state index in [0.29, 0.717) is 0 Å². The summed E-state index contributed by atoms with van der Waals surface area (Å²) in [6, 6.07) is 6.60. The maximum Gasteiger partial charge on any atom is -0.870 e. The van der Waals surface area contributed by atoms with Crippen LogP contribution >= 0.6 is 0 Å². The van der Waals surface area contributed by atoms with Crippen molar-refractivity contribution in [3.8, 4) is 0 Å². The normalized spacial score (nSPS) is 9.53. The van der Waals surface area contributed by atoms with Gasteiger partial charge in [0.05, 0.1) is 0 Å². The molecule has 100 valence electrons. The number of aliphatic hydroxyl groups excluding tert-OH is 1. The summed E-state index contributed by atoms with van der Waals surface area (Å²) in [4.78, 5) is 0.227. The third-order valence-electron chi connectivity index (χ3n) is 1.55. The number of hydrogen-bond donors (Lipinski definition) is 2. The second-order valence-electron chi connectivity index (χ2n) is 2.62. The van der Waals surface area contributed by atoms with E-state index < -0.39 is 10.0 Å². The molecule has 0 aliphatic rings. The van der Waals surface area contributed by atoms with Gasteiger partial charge in [0.1, 0.15) is 0 Å². The Balaban J connectivity index is -0.000000653. The van der Waals surface area contributed by atoms with Crippen molar-refractivity contribution in [2.75, 3.05) is 13.2 Å². The monoisotopic (exact) mass is 374 g/mol. The van der Waals surface area contributed by atoms with Crippen molar-refractivity contribution in [2.45, 2.75) is 4.90 Å². The van der Waals surface area contributed by atoms with Gasteiger partial charge in [0.25, 0.3) is 0 Å². The van der Waals surface area contributed by atoms with E-state index in [4.69, 9.17) is 5.11 Å². The van der Waals surface area contributed by atoms with Crippen LogP contribution in [0.15, 0.2) is 29.2 Å². The molecule has 1 aromatic carbocycles. The molecule has 0 atom stereocenters. The van der Waals surface area contributed by atoms with E-state index in [1.54, 1.807) is 24.3 Å². The van der Waals surface area contributed by atoms with E-state index in [0.717, 1.165) is 3.51 Å². The molecule has 0 aromatic heterocycles. The van der Waals surface area contributed by atoms with Crippen molar-refractivity contribution in [3.63, 3.8) is 0 Å². The van der Waals surface area contributed by atoms with E-state index in [9.17, 15) is 8.42 Å². The van der Waals surface area contributed by atoms with Crippen LogP contribution in [0.5, 0.6) is 0 Å².